The number of nitrogens with one attached hydrogen (secondary N) is 1. The number of fused-ring (bicyclic) bond motifs is 1. The van der Waals surface area contributed by atoms with Gasteiger partial charge in [0.2, 0.25) is 0 Å². The van der Waals surface area contributed by atoms with Crippen molar-refractivity contribution in [3.05, 3.63) is 57.5 Å². The van der Waals surface area contributed by atoms with Crippen LogP contribution in [0, 0.1) is 10.6 Å². The van der Waals surface area contributed by atoms with E-state index in [1.807, 2.05) is 28.8 Å². The first-order valence-corrected chi connectivity index (χ1v) is 6.51. The van der Waals surface area contributed by atoms with Gasteiger partial charge in [-0.2, -0.15) is 0 Å². The molecule has 5 heteroatoms. The Labute approximate surface area is 116 Å². The van der Waals surface area contributed by atoms with E-state index >= 15 is 0 Å². The number of hydrogen-bond acceptors (Lipinski definition) is 1. The highest BCUT2D eigenvalue weighted by Crippen LogP contribution is 2.23. The van der Waals surface area contributed by atoms with E-state index in [9.17, 15) is 4.39 Å². The molecule has 0 atom stereocenters. The van der Waals surface area contributed by atoms with E-state index in [0.29, 0.717) is 10.5 Å². The summed E-state index contributed by atoms with van der Waals surface area (Å²) in [6, 6.07) is 12.2. The predicted octanol–water partition coefficient (Wildman–Crippen LogP) is 4.59. The summed E-state index contributed by atoms with van der Waals surface area (Å²) in [6.07, 6.45) is 0. The van der Waals surface area contributed by atoms with Crippen LogP contribution < -0.4 is 0 Å². The fraction of sp³-hybridized carbons (Fsp3) is 0. The largest absolute Gasteiger partial charge is 0.330 e. The zero-order valence-corrected chi connectivity index (χ0v) is 11.6. The number of nitrogens with zero attached hydrogens (tertiary/aromatic N) is 1. The molecule has 3 rings (SSSR count). The van der Waals surface area contributed by atoms with Crippen LogP contribution in [0.3, 0.4) is 0 Å². The maximum atomic E-state index is 13.3. The van der Waals surface area contributed by atoms with E-state index in [4.69, 9.17) is 12.2 Å². The first-order chi connectivity index (χ1) is 8.65. The van der Waals surface area contributed by atoms with Gasteiger partial charge < -0.3 is 4.98 Å². The summed E-state index contributed by atoms with van der Waals surface area (Å²) >= 11 is 8.72. The normalized spacial score (nSPS) is 11.0. The van der Waals surface area contributed by atoms with Gasteiger partial charge in [0.05, 0.1) is 16.7 Å². The van der Waals surface area contributed by atoms with Crippen LogP contribution in [-0.4, -0.2) is 9.55 Å². The molecule has 2 nitrogen and oxygen atoms in total. The molecule has 0 fully saturated rings. The Balaban J connectivity index is 2.38. The molecule has 0 unspecified atom stereocenters. The van der Waals surface area contributed by atoms with Gasteiger partial charge >= 0.3 is 0 Å². The third kappa shape index (κ3) is 1.89. The van der Waals surface area contributed by atoms with Gasteiger partial charge in [-0.25, -0.2) is 4.39 Å². The summed E-state index contributed by atoms with van der Waals surface area (Å²) in [5, 5.41) is 0. The summed E-state index contributed by atoms with van der Waals surface area (Å²) in [4.78, 5) is 3.11. The Bertz CT molecular complexity index is 791. The first-order valence-electron chi connectivity index (χ1n) is 5.31. The van der Waals surface area contributed by atoms with Crippen molar-refractivity contribution in [2.45, 2.75) is 0 Å². The minimum Gasteiger partial charge on any atom is -0.330 e. The van der Waals surface area contributed by atoms with Gasteiger partial charge in [0.25, 0.3) is 0 Å². The zero-order chi connectivity index (χ0) is 12.7. The van der Waals surface area contributed by atoms with E-state index in [2.05, 4.69) is 20.9 Å². The lowest BCUT2D eigenvalue weighted by atomic mass is 10.3. The first kappa shape index (κ1) is 11.6. The number of H-pyrrole nitrogens is 1. The van der Waals surface area contributed by atoms with Crippen LogP contribution in [0.5, 0.6) is 0 Å². The smallest absolute Gasteiger partial charge is 0.182 e. The summed E-state index contributed by atoms with van der Waals surface area (Å²) in [5.41, 5.74) is 2.55. The Morgan fingerprint density at radius 2 is 2.00 bits per heavy atom. The van der Waals surface area contributed by atoms with Gasteiger partial charge in [-0.05, 0) is 48.6 Å². The third-order valence-electron chi connectivity index (χ3n) is 2.71. The molecule has 3 aromatic rings. The van der Waals surface area contributed by atoms with Gasteiger partial charge in [-0.3, -0.25) is 4.57 Å². The molecule has 1 heterocycles. The molecule has 0 spiro atoms. The van der Waals surface area contributed by atoms with Gasteiger partial charge in [0.1, 0.15) is 5.82 Å². The lowest BCUT2D eigenvalue weighted by Crippen LogP contribution is -1.94. The van der Waals surface area contributed by atoms with Crippen LogP contribution in [0.15, 0.2) is 46.9 Å². The average Bonchev–Trinajstić information content (AvgIpc) is 2.64. The molecule has 0 aliphatic carbocycles. The monoisotopic (exact) mass is 322 g/mol. The van der Waals surface area contributed by atoms with Crippen molar-refractivity contribution in [3.63, 3.8) is 0 Å². The van der Waals surface area contributed by atoms with Crippen molar-refractivity contribution in [2.24, 2.45) is 0 Å². The lowest BCUT2D eigenvalue weighted by molar-refractivity contribution is 0.626. The molecular formula is C13H8BrFN2S. The van der Waals surface area contributed by atoms with Gasteiger partial charge in [0.15, 0.2) is 4.77 Å². The van der Waals surface area contributed by atoms with Crippen LogP contribution in [-0.2, 0) is 0 Å². The number of aromatic nitrogens is 2. The van der Waals surface area contributed by atoms with E-state index in [1.54, 1.807) is 6.07 Å². The Kier molecular flexibility index (Phi) is 2.80. The van der Waals surface area contributed by atoms with E-state index < -0.39 is 0 Å². The van der Waals surface area contributed by atoms with E-state index in [0.717, 1.165) is 15.5 Å². The molecular weight excluding hydrogens is 315 g/mol. The molecule has 1 aromatic heterocycles. The van der Waals surface area contributed by atoms with E-state index in [1.165, 1.54) is 12.1 Å². The minimum atomic E-state index is -0.279. The van der Waals surface area contributed by atoms with Crippen molar-refractivity contribution in [1.29, 1.82) is 0 Å². The van der Waals surface area contributed by atoms with Crippen LogP contribution >= 0.6 is 28.1 Å². The Hall–Kier alpha value is -1.46. The highest BCUT2D eigenvalue weighted by molar-refractivity contribution is 9.10. The Morgan fingerprint density at radius 1 is 1.17 bits per heavy atom. The van der Waals surface area contributed by atoms with Gasteiger partial charge in [-0.15, -0.1) is 0 Å². The summed E-state index contributed by atoms with van der Waals surface area (Å²) < 4.78 is 16.6. The van der Waals surface area contributed by atoms with E-state index in [-0.39, 0.29) is 5.82 Å². The van der Waals surface area contributed by atoms with Crippen LogP contribution in [0.25, 0.3) is 16.7 Å². The number of imidazole rings is 1. The van der Waals surface area contributed by atoms with Crippen molar-refractivity contribution in [1.82, 2.24) is 9.55 Å². The molecule has 0 saturated carbocycles. The number of hydrogen-bond donors (Lipinski definition) is 1. The molecule has 18 heavy (non-hydrogen) atoms. The fourth-order valence-electron chi connectivity index (χ4n) is 1.95. The fourth-order valence-corrected chi connectivity index (χ4v) is 2.61. The molecule has 0 aliphatic rings. The summed E-state index contributed by atoms with van der Waals surface area (Å²) in [6.45, 7) is 0. The number of rotatable bonds is 1. The van der Waals surface area contributed by atoms with Crippen molar-refractivity contribution in [3.8, 4) is 5.69 Å². The molecule has 0 saturated heterocycles. The molecule has 0 radical (unpaired) electrons. The second-order valence-electron chi connectivity index (χ2n) is 3.91. The zero-order valence-electron chi connectivity index (χ0n) is 9.15. The van der Waals surface area contributed by atoms with Crippen LogP contribution in [0.1, 0.15) is 0 Å². The second-order valence-corrected chi connectivity index (χ2v) is 5.21. The number of benzene rings is 2. The van der Waals surface area contributed by atoms with Crippen molar-refractivity contribution >= 4 is 39.2 Å². The minimum absolute atomic E-state index is 0.279. The SMILES string of the molecule is Fc1cccc(-n2c(=S)[nH]c3ccc(Br)cc32)c1. The number of aromatic amines is 1. The molecule has 0 aliphatic heterocycles. The highest BCUT2D eigenvalue weighted by Gasteiger charge is 2.07. The average molecular weight is 323 g/mol. The molecule has 0 amide bonds. The summed E-state index contributed by atoms with van der Waals surface area (Å²) in [7, 11) is 0. The molecule has 2 aromatic carbocycles. The predicted molar refractivity (Wildman–Crippen MR) is 76.1 cm³/mol. The van der Waals surface area contributed by atoms with Crippen molar-refractivity contribution < 1.29 is 4.39 Å². The number of halogens is 2. The van der Waals surface area contributed by atoms with Gasteiger partial charge in [-0.1, -0.05) is 22.0 Å². The Morgan fingerprint density at radius 3 is 2.78 bits per heavy atom. The maximum Gasteiger partial charge on any atom is 0.182 e. The molecule has 0 bridgehead atoms. The quantitative estimate of drug-likeness (QED) is 0.650. The molecule has 90 valence electrons. The molecule has 1 N–H and O–H groups in total. The maximum absolute atomic E-state index is 13.3. The topological polar surface area (TPSA) is 20.7 Å². The lowest BCUT2D eigenvalue weighted by Gasteiger charge is -2.04. The highest BCUT2D eigenvalue weighted by atomic mass is 79.9. The van der Waals surface area contributed by atoms with Crippen LogP contribution in [0.4, 0.5) is 4.39 Å². The van der Waals surface area contributed by atoms with Gasteiger partial charge in [0, 0.05) is 4.47 Å². The van der Waals surface area contributed by atoms with Crippen molar-refractivity contribution in [2.75, 3.05) is 0 Å². The third-order valence-corrected chi connectivity index (χ3v) is 3.49. The summed E-state index contributed by atoms with van der Waals surface area (Å²) in [5.74, 6) is -0.279. The second kappa shape index (κ2) is 4.33. The van der Waals surface area contributed by atoms with Crippen LogP contribution in [0.2, 0.25) is 0 Å². The standard InChI is InChI=1S/C13H8BrFN2S/c14-8-4-5-11-12(6-8)17(13(18)16-11)10-3-1-2-9(15)7-10/h1-7H,(H,16,18).